The van der Waals surface area contributed by atoms with E-state index in [2.05, 4.69) is 4.98 Å². The summed E-state index contributed by atoms with van der Waals surface area (Å²) >= 11 is 5.71. The van der Waals surface area contributed by atoms with Crippen molar-refractivity contribution in [1.29, 1.82) is 0 Å². The second kappa shape index (κ2) is 7.96. The standard InChI is InChI=1S/C18H15ClF2N2O4S/c19-14-9-11(1-6-15(14)21)7-8-28(26,27)18-22-10-16(17(24)25)23(18)13-4-2-12(20)3-5-13/h1-6,9-10,17,24-25H,7-8H2. The van der Waals surface area contributed by atoms with E-state index in [4.69, 9.17) is 11.6 Å². The predicted octanol–water partition coefficient (Wildman–Crippen LogP) is 2.80. The van der Waals surface area contributed by atoms with Crippen LogP contribution in [0.25, 0.3) is 5.69 Å². The third-order valence-electron chi connectivity index (χ3n) is 4.03. The second-order valence-electron chi connectivity index (χ2n) is 5.97. The summed E-state index contributed by atoms with van der Waals surface area (Å²) in [5.74, 6) is -1.53. The van der Waals surface area contributed by atoms with Crippen LogP contribution in [0.5, 0.6) is 0 Å². The maximum atomic E-state index is 13.2. The van der Waals surface area contributed by atoms with Gasteiger partial charge in [0.25, 0.3) is 0 Å². The Morgan fingerprint density at radius 1 is 1.11 bits per heavy atom. The first-order valence-electron chi connectivity index (χ1n) is 8.05. The van der Waals surface area contributed by atoms with Crippen LogP contribution in [-0.4, -0.2) is 33.9 Å². The molecule has 0 aliphatic heterocycles. The van der Waals surface area contributed by atoms with Crippen LogP contribution in [0.4, 0.5) is 8.78 Å². The molecule has 3 aromatic rings. The van der Waals surface area contributed by atoms with E-state index in [1.165, 1.54) is 24.3 Å². The van der Waals surface area contributed by atoms with Gasteiger partial charge in [0.1, 0.15) is 11.6 Å². The van der Waals surface area contributed by atoms with Gasteiger partial charge in [-0.3, -0.25) is 4.57 Å². The zero-order valence-corrected chi connectivity index (χ0v) is 15.8. The van der Waals surface area contributed by atoms with Crippen molar-refractivity contribution in [3.63, 3.8) is 0 Å². The van der Waals surface area contributed by atoms with Gasteiger partial charge in [-0.15, -0.1) is 0 Å². The zero-order valence-electron chi connectivity index (χ0n) is 14.3. The number of halogens is 3. The Morgan fingerprint density at radius 2 is 1.79 bits per heavy atom. The van der Waals surface area contributed by atoms with Gasteiger partial charge in [-0.05, 0) is 48.4 Å². The molecule has 0 amide bonds. The molecule has 0 aliphatic carbocycles. The number of rotatable bonds is 6. The SMILES string of the molecule is O=S(=O)(CCc1ccc(F)c(Cl)c1)c1ncc(C(O)O)n1-c1ccc(F)cc1. The van der Waals surface area contributed by atoms with Crippen LogP contribution in [0, 0.1) is 11.6 Å². The highest BCUT2D eigenvalue weighted by molar-refractivity contribution is 7.91. The normalized spacial score (nSPS) is 11.9. The molecule has 28 heavy (non-hydrogen) atoms. The van der Waals surface area contributed by atoms with Crippen LogP contribution in [0.15, 0.2) is 53.8 Å². The van der Waals surface area contributed by atoms with Gasteiger partial charge >= 0.3 is 0 Å². The highest BCUT2D eigenvalue weighted by Crippen LogP contribution is 2.24. The molecule has 0 fully saturated rings. The van der Waals surface area contributed by atoms with Crippen molar-refractivity contribution >= 4 is 21.4 Å². The van der Waals surface area contributed by atoms with E-state index >= 15 is 0 Å². The minimum atomic E-state index is -3.98. The summed E-state index contributed by atoms with van der Waals surface area (Å²) in [4.78, 5) is 3.83. The number of nitrogens with zero attached hydrogens (tertiary/aromatic N) is 2. The van der Waals surface area contributed by atoms with Crippen molar-refractivity contribution in [1.82, 2.24) is 9.55 Å². The number of aryl methyl sites for hydroxylation is 1. The minimum absolute atomic E-state index is 0.0373. The number of hydrogen-bond acceptors (Lipinski definition) is 5. The molecular weight excluding hydrogens is 414 g/mol. The molecule has 0 bridgehead atoms. The number of aliphatic hydroxyl groups is 2. The van der Waals surface area contributed by atoms with Crippen LogP contribution in [0.3, 0.4) is 0 Å². The minimum Gasteiger partial charge on any atom is -0.363 e. The molecule has 10 heteroatoms. The van der Waals surface area contributed by atoms with Crippen molar-refractivity contribution in [3.8, 4) is 5.69 Å². The average Bonchev–Trinajstić information content (AvgIpc) is 3.10. The molecule has 0 saturated carbocycles. The molecule has 1 heterocycles. The molecule has 6 nitrogen and oxygen atoms in total. The maximum Gasteiger partial charge on any atom is 0.232 e. The topological polar surface area (TPSA) is 92.4 Å². The number of aromatic nitrogens is 2. The monoisotopic (exact) mass is 428 g/mol. The van der Waals surface area contributed by atoms with E-state index < -0.39 is 32.9 Å². The van der Waals surface area contributed by atoms with Gasteiger partial charge in [-0.2, -0.15) is 0 Å². The molecule has 1 aromatic heterocycles. The Balaban J connectivity index is 1.97. The van der Waals surface area contributed by atoms with E-state index in [-0.39, 0.29) is 28.6 Å². The largest absolute Gasteiger partial charge is 0.363 e. The lowest BCUT2D eigenvalue weighted by molar-refractivity contribution is -0.0473. The molecule has 2 N–H and O–H groups in total. The van der Waals surface area contributed by atoms with Gasteiger partial charge < -0.3 is 10.2 Å². The van der Waals surface area contributed by atoms with Crippen LogP contribution in [0.1, 0.15) is 17.5 Å². The highest BCUT2D eigenvalue weighted by atomic mass is 35.5. The molecule has 0 saturated heterocycles. The van der Waals surface area contributed by atoms with Crippen LogP contribution >= 0.6 is 11.6 Å². The van der Waals surface area contributed by atoms with Gasteiger partial charge in [-0.1, -0.05) is 17.7 Å². The van der Waals surface area contributed by atoms with Gasteiger partial charge in [0, 0.05) is 5.69 Å². The van der Waals surface area contributed by atoms with Gasteiger partial charge in [0.15, 0.2) is 6.29 Å². The van der Waals surface area contributed by atoms with Gasteiger partial charge in [-0.25, -0.2) is 22.2 Å². The third-order valence-corrected chi connectivity index (χ3v) is 5.90. The van der Waals surface area contributed by atoms with E-state index in [1.807, 2.05) is 0 Å². The Hall–Kier alpha value is -2.33. The fourth-order valence-corrected chi connectivity index (χ4v) is 4.23. The lowest BCUT2D eigenvalue weighted by atomic mass is 10.2. The molecule has 2 aromatic carbocycles. The predicted molar refractivity (Wildman–Crippen MR) is 97.9 cm³/mol. The third kappa shape index (κ3) is 4.22. The van der Waals surface area contributed by atoms with E-state index in [1.54, 1.807) is 0 Å². The summed E-state index contributed by atoms with van der Waals surface area (Å²) in [6.07, 6.45) is -0.928. The summed E-state index contributed by atoms with van der Waals surface area (Å²) in [7, 11) is -3.98. The lowest BCUT2D eigenvalue weighted by Gasteiger charge is -2.13. The summed E-state index contributed by atoms with van der Waals surface area (Å²) in [5.41, 5.74) is 0.526. The summed E-state index contributed by atoms with van der Waals surface area (Å²) < 4.78 is 53.2. The van der Waals surface area contributed by atoms with Crippen LogP contribution in [-0.2, 0) is 16.3 Å². The van der Waals surface area contributed by atoms with Crippen molar-refractivity contribution in [2.24, 2.45) is 0 Å². The Kier molecular flexibility index (Phi) is 5.80. The maximum absolute atomic E-state index is 13.2. The molecule has 0 atom stereocenters. The summed E-state index contributed by atoms with van der Waals surface area (Å²) in [5, 5.41) is 18.5. The number of aliphatic hydroxyl groups excluding tert-OH is 1. The smallest absolute Gasteiger partial charge is 0.232 e. The highest BCUT2D eigenvalue weighted by Gasteiger charge is 2.26. The van der Waals surface area contributed by atoms with Crippen LogP contribution in [0.2, 0.25) is 5.02 Å². The molecular formula is C18H15ClF2N2O4S. The number of sulfone groups is 1. The van der Waals surface area contributed by atoms with Gasteiger partial charge in [0.2, 0.25) is 15.0 Å². The van der Waals surface area contributed by atoms with E-state index in [9.17, 15) is 27.4 Å². The number of hydrogen-bond donors (Lipinski definition) is 2. The summed E-state index contributed by atoms with van der Waals surface area (Å²) in [6, 6.07) is 8.71. The molecule has 148 valence electrons. The van der Waals surface area contributed by atoms with Crippen molar-refractivity contribution in [2.45, 2.75) is 17.9 Å². The second-order valence-corrected chi connectivity index (χ2v) is 8.38. The Morgan fingerprint density at radius 3 is 2.39 bits per heavy atom. The molecule has 0 radical (unpaired) electrons. The Labute approximate surface area is 164 Å². The first kappa shape index (κ1) is 20.4. The lowest BCUT2D eigenvalue weighted by Crippen LogP contribution is -2.17. The fourth-order valence-electron chi connectivity index (χ4n) is 2.64. The van der Waals surface area contributed by atoms with Crippen molar-refractivity contribution in [3.05, 3.63) is 76.6 Å². The first-order valence-corrected chi connectivity index (χ1v) is 10.1. The van der Waals surface area contributed by atoms with E-state index in [0.29, 0.717) is 5.56 Å². The Bertz CT molecular complexity index is 1100. The molecule has 3 rings (SSSR count). The van der Waals surface area contributed by atoms with Crippen molar-refractivity contribution < 1.29 is 27.4 Å². The molecule has 0 aliphatic rings. The average molecular weight is 429 g/mol. The number of benzene rings is 2. The quantitative estimate of drug-likeness (QED) is 0.589. The first-order chi connectivity index (χ1) is 13.2. The molecule has 0 spiro atoms. The molecule has 0 unspecified atom stereocenters. The van der Waals surface area contributed by atoms with Crippen LogP contribution < -0.4 is 0 Å². The van der Waals surface area contributed by atoms with Crippen molar-refractivity contribution in [2.75, 3.05) is 5.75 Å². The van der Waals surface area contributed by atoms with Gasteiger partial charge in [0.05, 0.1) is 22.7 Å². The van der Waals surface area contributed by atoms with E-state index in [0.717, 1.165) is 29.0 Å². The number of imidazole rings is 1. The summed E-state index contributed by atoms with van der Waals surface area (Å²) in [6.45, 7) is 0. The zero-order chi connectivity index (χ0) is 20.5. The fraction of sp³-hybridized carbons (Fsp3) is 0.167.